The van der Waals surface area contributed by atoms with Crippen molar-refractivity contribution in [3.63, 3.8) is 0 Å². The number of nitrogens with zero attached hydrogens (tertiary/aromatic N) is 3. The minimum absolute atomic E-state index is 0.479. The van der Waals surface area contributed by atoms with E-state index < -0.39 is 0 Å². The average Bonchev–Trinajstić information content (AvgIpc) is 3.29. The van der Waals surface area contributed by atoms with Crippen LogP contribution in [0, 0.1) is 6.92 Å². The van der Waals surface area contributed by atoms with E-state index in [2.05, 4.69) is 65.7 Å². The molecule has 2 fully saturated rings. The first-order valence-corrected chi connectivity index (χ1v) is 11.4. The van der Waals surface area contributed by atoms with Gasteiger partial charge in [0.05, 0.1) is 18.4 Å². The second kappa shape index (κ2) is 7.59. The molecule has 0 radical (unpaired) electrons. The largest absolute Gasteiger partial charge is 0.451 e. The summed E-state index contributed by atoms with van der Waals surface area (Å²) in [5.74, 6) is 2.57. The number of hydrogen-bond acceptors (Lipinski definition) is 5. The number of pyridine rings is 1. The first-order valence-electron chi connectivity index (χ1n) is 9.85. The summed E-state index contributed by atoms with van der Waals surface area (Å²) in [7, 11) is 0. The van der Waals surface area contributed by atoms with Crippen LogP contribution in [0.1, 0.15) is 24.8 Å². The van der Waals surface area contributed by atoms with Gasteiger partial charge in [-0.1, -0.05) is 15.9 Å². The number of ether oxygens (including phenoxy) is 2. The summed E-state index contributed by atoms with van der Waals surface area (Å²) < 4.78 is 13.9. The molecule has 2 atom stereocenters. The van der Waals surface area contributed by atoms with Crippen molar-refractivity contribution in [2.75, 3.05) is 31.1 Å². The molecule has 2 saturated heterocycles. The summed E-state index contributed by atoms with van der Waals surface area (Å²) in [6.45, 7) is 6.22. The average molecular weight is 509 g/mol. The van der Waals surface area contributed by atoms with Gasteiger partial charge in [0.25, 0.3) is 0 Å². The van der Waals surface area contributed by atoms with Gasteiger partial charge >= 0.3 is 0 Å². The number of fused-ring (bicyclic) bond motifs is 4. The van der Waals surface area contributed by atoms with Crippen molar-refractivity contribution < 1.29 is 9.47 Å². The highest BCUT2D eigenvalue weighted by Crippen LogP contribution is 2.48. The van der Waals surface area contributed by atoms with Gasteiger partial charge in [0.2, 0.25) is 0 Å². The molecule has 0 amide bonds. The van der Waals surface area contributed by atoms with Crippen molar-refractivity contribution in [1.29, 1.82) is 0 Å². The monoisotopic (exact) mass is 507 g/mol. The van der Waals surface area contributed by atoms with Crippen LogP contribution in [0.5, 0.6) is 11.5 Å². The molecule has 0 aliphatic carbocycles. The van der Waals surface area contributed by atoms with Crippen molar-refractivity contribution >= 4 is 43.4 Å². The molecule has 0 N–H and O–H groups in total. The Morgan fingerprint density at radius 3 is 2.79 bits per heavy atom. The number of aryl methyl sites for hydroxylation is 1. The molecule has 5 nitrogen and oxygen atoms in total. The van der Waals surface area contributed by atoms with Crippen LogP contribution in [0.25, 0.3) is 0 Å². The molecule has 0 spiro atoms. The highest BCUT2D eigenvalue weighted by molar-refractivity contribution is 9.10. The van der Waals surface area contributed by atoms with Crippen LogP contribution in [0.2, 0.25) is 0 Å². The van der Waals surface area contributed by atoms with Gasteiger partial charge in [-0.25, -0.2) is 4.98 Å². The maximum atomic E-state index is 6.16. The number of hydrogen-bond donors (Lipinski definition) is 0. The molecule has 148 valence electrons. The van der Waals surface area contributed by atoms with Gasteiger partial charge in [0.15, 0.2) is 17.3 Å². The second-order valence-electron chi connectivity index (χ2n) is 7.85. The lowest BCUT2D eigenvalue weighted by atomic mass is 10.1. The number of anilines is 2. The third-order valence-corrected chi connectivity index (χ3v) is 7.19. The van der Waals surface area contributed by atoms with Gasteiger partial charge in [-0.3, -0.25) is 4.90 Å². The van der Waals surface area contributed by atoms with Crippen molar-refractivity contribution in [2.24, 2.45) is 0 Å². The molecule has 28 heavy (non-hydrogen) atoms. The van der Waals surface area contributed by atoms with E-state index in [0.717, 1.165) is 64.6 Å². The van der Waals surface area contributed by atoms with Gasteiger partial charge in [0, 0.05) is 40.3 Å². The van der Waals surface area contributed by atoms with Gasteiger partial charge in [-0.05, 0) is 66.4 Å². The predicted octanol–water partition coefficient (Wildman–Crippen LogP) is 5.41. The fraction of sp³-hybridized carbons (Fsp3) is 0.476. The Bertz CT molecular complexity index is 907. The molecular formula is C21H23Br2N3O2. The lowest BCUT2D eigenvalue weighted by molar-refractivity contribution is 0.0301. The summed E-state index contributed by atoms with van der Waals surface area (Å²) in [5.41, 5.74) is 2.29. The molecule has 3 aliphatic heterocycles. The molecule has 2 bridgehead atoms. The molecule has 3 aliphatic rings. The highest BCUT2D eigenvalue weighted by Gasteiger charge is 2.38. The minimum atomic E-state index is 0.479. The number of unbranched alkanes of at least 4 members (excludes halogenated alkanes) is 1. The second-order valence-corrected chi connectivity index (χ2v) is 9.62. The normalized spacial score (nSPS) is 22.9. The topological polar surface area (TPSA) is 37.8 Å². The standard InChI is InChI=1S/C21H23Br2N3O2/c1-13-6-18-19(9-17(13)23)28-20-7-14(22)10-24-21(20)26(18)5-3-2-4-25-11-16-8-15(25)12-27-16/h6-7,9-10,15-16H,2-5,8,11-12H2,1H3/t15-,16-/m1/s1. The van der Waals surface area contributed by atoms with E-state index in [-0.39, 0.29) is 0 Å². The number of likely N-dealkylation sites (tertiary alicyclic amines) is 1. The fourth-order valence-corrected chi connectivity index (χ4v) is 5.06. The van der Waals surface area contributed by atoms with E-state index in [1.807, 2.05) is 12.3 Å². The van der Waals surface area contributed by atoms with Crippen LogP contribution >= 0.6 is 31.9 Å². The van der Waals surface area contributed by atoms with Crippen LogP contribution in [0.15, 0.2) is 33.3 Å². The van der Waals surface area contributed by atoms with Crippen LogP contribution in [-0.2, 0) is 4.74 Å². The van der Waals surface area contributed by atoms with E-state index in [4.69, 9.17) is 9.47 Å². The molecule has 1 aromatic heterocycles. The molecular weight excluding hydrogens is 486 g/mol. The van der Waals surface area contributed by atoms with Crippen LogP contribution in [-0.4, -0.2) is 48.3 Å². The zero-order valence-corrected chi connectivity index (χ0v) is 19.0. The lowest BCUT2D eigenvalue weighted by Crippen LogP contribution is -2.37. The minimum Gasteiger partial charge on any atom is -0.451 e. The van der Waals surface area contributed by atoms with E-state index >= 15 is 0 Å². The fourth-order valence-electron chi connectivity index (χ4n) is 4.43. The van der Waals surface area contributed by atoms with Crippen molar-refractivity contribution in [2.45, 2.75) is 38.3 Å². The van der Waals surface area contributed by atoms with E-state index in [1.165, 1.54) is 18.4 Å². The third-order valence-electron chi connectivity index (χ3n) is 5.90. The van der Waals surface area contributed by atoms with Crippen LogP contribution < -0.4 is 9.64 Å². The lowest BCUT2D eigenvalue weighted by Gasteiger charge is -2.32. The summed E-state index contributed by atoms with van der Waals surface area (Å²) in [5, 5.41) is 0. The van der Waals surface area contributed by atoms with Crippen LogP contribution in [0.3, 0.4) is 0 Å². The maximum Gasteiger partial charge on any atom is 0.176 e. The first kappa shape index (κ1) is 18.9. The zero-order valence-electron chi connectivity index (χ0n) is 15.8. The van der Waals surface area contributed by atoms with Gasteiger partial charge in [0.1, 0.15) is 0 Å². The van der Waals surface area contributed by atoms with Crippen molar-refractivity contribution in [1.82, 2.24) is 9.88 Å². The SMILES string of the molecule is Cc1cc2c(cc1Br)Oc1cc(Br)cnc1N2CCCCN1C[C@H]2C[C@@H]1CO2. The number of aromatic nitrogens is 1. The summed E-state index contributed by atoms with van der Waals surface area (Å²) >= 11 is 7.13. The molecule has 0 unspecified atom stereocenters. The molecule has 2 aromatic rings. The number of rotatable bonds is 5. The molecule has 5 rings (SSSR count). The smallest absolute Gasteiger partial charge is 0.176 e. The Morgan fingerprint density at radius 2 is 2.00 bits per heavy atom. The molecule has 7 heteroatoms. The molecule has 0 saturated carbocycles. The summed E-state index contributed by atoms with van der Waals surface area (Å²) in [6.07, 6.45) is 5.83. The number of halogens is 2. The van der Waals surface area contributed by atoms with Crippen LogP contribution in [0.4, 0.5) is 11.5 Å². The predicted molar refractivity (Wildman–Crippen MR) is 117 cm³/mol. The van der Waals surface area contributed by atoms with Crippen molar-refractivity contribution in [3.05, 3.63) is 38.9 Å². The van der Waals surface area contributed by atoms with Crippen molar-refractivity contribution in [3.8, 4) is 11.5 Å². The van der Waals surface area contributed by atoms with Gasteiger partial charge < -0.3 is 14.4 Å². The Kier molecular flexibility index (Phi) is 5.11. The van der Waals surface area contributed by atoms with E-state index in [9.17, 15) is 0 Å². The van der Waals surface area contributed by atoms with Gasteiger partial charge in [-0.2, -0.15) is 0 Å². The Balaban J connectivity index is 1.32. The quantitative estimate of drug-likeness (QED) is 0.504. The Hall–Kier alpha value is -1.15. The highest BCUT2D eigenvalue weighted by atomic mass is 79.9. The third kappa shape index (κ3) is 3.47. The first-order chi connectivity index (χ1) is 13.6. The molecule has 4 heterocycles. The van der Waals surface area contributed by atoms with Gasteiger partial charge in [-0.15, -0.1) is 0 Å². The summed E-state index contributed by atoms with van der Waals surface area (Å²) in [6, 6.07) is 6.88. The Labute approximate surface area is 182 Å². The number of morpholine rings is 1. The maximum absolute atomic E-state index is 6.16. The number of benzene rings is 1. The van der Waals surface area contributed by atoms with E-state index in [1.54, 1.807) is 0 Å². The zero-order chi connectivity index (χ0) is 19.3. The van der Waals surface area contributed by atoms with E-state index in [0.29, 0.717) is 12.1 Å². The molecule has 1 aromatic carbocycles. The Morgan fingerprint density at radius 1 is 1.14 bits per heavy atom. The summed E-state index contributed by atoms with van der Waals surface area (Å²) in [4.78, 5) is 9.56.